The molecule has 2 aliphatic rings. The fourth-order valence-electron chi connectivity index (χ4n) is 4.80. The summed E-state index contributed by atoms with van der Waals surface area (Å²) in [5.74, 6) is 0.873. The van der Waals surface area contributed by atoms with E-state index in [1.54, 1.807) is 0 Å². The van der Waals surface area contributed by atoms with Gasteiger partial charge in [-0.15, -0.1) is 0 Å². The summed E-state index contributed by atoms with van der Waals surface area (Å²) in [6.07, 6.45) is 1.56. The van der Waals surface area contributed by atoms with Gasteiger partial charge < -0.3 is 4.90 Å². The maximum absolute atomic E-state index is 13.6. The van der Waals surface area contributed by atoms with Crippen LogP contribution in [0.4, 0.5) is 5.69 Å². The van der Waals surface area contributed by atoms with Crippen molar-refractivity contribution in [2.75, 3.05) is 31.1 Å². The number of rotatable bonds is 6. The summed E-state index contributed by atoms with van der Waals surface area (Å²) in [5.41, 5.74) is 4.63. The number of aryl methyl sites for hydroxylation is 1. The van der Waals surface area contributed by atoms with Crippen LogP contribution in [0.5, 0.6) is 0 Å². The number of carbonyl (C=O) groups excluding carboxylic acids is 1. The summed E-state index contributed by atoms with van der Waals surface area (Å²) in [6.45, 7) is 6.73. The topological polar surface area (TPSA) is 39.2 Å². The van der Waals surface area contributed by atoms with Crippen molar-refractivity contribution in [3.63, 3.8) is 0 Å². The molecule has 0 aliphatic carbocycles. The molecule has 1 amide bonds. The number of hydrogen-bond acceptors (Lipinski definition) is 4. The predicted octanol–water partition coefficient (Wildman–Crippen LogP) is 4.38. The Morgan fingerprint density at radius 3 is 2.12 bits per heavy atom. The number of aliphatic imine (C=N–C) groups is 1. The van der Waals surface area contributed by atoms with Gasteiger partial charge in [-0.1, -0.05) is 79.7 Å². The number of nitrogens with zero attached hydrogens (tertiary/aromatic N) is 4. The van der Waals surface area contributed by atoms with Crippen molar-refractivity contribution in [1.29, 1.82) is 0 Å². The Bertz CT molecular complexity index is 1140. The molecule has 0 radical (unpaired) electrons. The molecule has 174 valence electrons. The summed E-state index contributed by atoms with van der Waals surface area (Å²) in [6, 6.07) is 28.8. The highest BCUT2D eigenvalue weighted by Gasteiger charge is 2.39. The number of guanidine groups is 1. The normalized spacial score (nSPS) is 18.9. The van der Waals surface area contributed by atoms with Gasteiger partial charge in [0.2, 0.25) is 5.96 Å². The highest BCUT2D eigenvalue weighted by atomic mass is 16.2. The number of piperazine rings is 1. The number of hydrogen-bond donors (Lipinski definition) is 0. The van der Waals surface area contributed by atoms with E-state index < -0.39 is 0 Å². The minimum Gasteiger partial charge on any atom is -0.340 e. The van der Waals surface area contributed by atoms with Crippen LogP contribution in [0.2, 0.25) is 0 Å². The molecule has 0 spiro atoms. The maximum atomic E-state index is 13.6. The van der Waals surface area contributed by atoms with Gasteiger partial charge in [-0.05, 0) is 35.2 Å². The van der Waals surface area contributed by atoms with E-state index in [0.29, 0.717) is 6.42 Å². The van der Waals surface area contributed by atoms with Crippen LogP contribution < -0.4 is 4.90 Å². The molecule has 5 rings (SSSR count). The van der Waals surface area contributed by atoms with Crippen LogP contribution in [0.1, 0.15) is 23.6 Å². The molecule has 1 atom stereocenters. The average molecular weight is 453 g/mol. The van der Waals surface area contributed by atoms with Crippen LogP contribution >= 0.6 is 0 Å². The third-order valence-corrected chi connectivity index (χ3v) is 6.73. The first kappa shape index (κ1) is 22.4. The molecule has 1 saturated heterocycles. The Kier molecular flexibility index (Phi) is 6.72. The van der Waals surface area contributed by atoms with Crippen LogP contribution in [0.3, 0.4) is 0 Å². The second-order valence-electron chi connectivity index (χ2n) is 9.08. The van der Waals surface area contributed by atoms with Gasteiger partial charge in [0.25, 0.3) is 5.91 Å². The number of carbonyl (C=O) groups is 1. The first-order chi connectivity index (χ1) is 16.7. The molecule has 3 aromatic rings. The Balaban J connectivity index is 1.36. The van der Waals surface area contributed by atoms with Gasteiger partial charge in [-0.3, -0.25) is 9.69 Å². The number of amides is 1. The lowest BCUT2D eigenvalue weighted by atomic mass is 10.1. The Morgan fingerprint density at radius 1 is 0.794 bits per heavy atom. The number of benzene rings is 3. The third kappa shape index (κ3) is 4.90. The molecule has 0 N–H and O–H groups in total. The molecule has 2 aliphatic heterocycles. The van der Waals surface area contributed by atoms with E-state index in [2.05, 4.69) is 71.3 Å². The van der Waals surface area contributed by atoms with Crippen molar-refractivity contribution in [3.05, 3.63) is 102 Å². The van der Waals surface area contributed by atoms with Gasteiger partial charge in [0.1, 0.15) is 6.04 Å². The van der Waals surface area contributed by atoms with E-state index >= 15 is 0 Å². The zero-order valence-electron chi connectivity index (χ0n) is 19.8. The van der Waals surface area contributed by atoms with Crippen molar-refractivity contribution < 1.29 is 4.79 Å². The number of anilines is 1. The SMILES string of the molecule is CCc1cccc(N2C(=O)C(Cc3ccccc3)N=C2N2CCN(Cc3ccccc3)CC2)c1. The molecular weight excluding hydrogens is 420 g/mol. The summed E-state index contributed by atoms with van der Waals surface area (Å²) < 4.78 is 0. The van der Waals surface area contributed by atoms with Crippen molar-refractivity contribution in [3.8, 4) is 0 Å². The lowest BCUT2D eigenvalue weighted by molar-refractivity contribution is -0.118. The minimum atomic E-state index is -0.384. The summed E-state index contributed by atoms with van der Waals surface area (Å²) >= 11 is 0. The first-order valence-corrected chi connectivity index (χ1v) is 12.3. The van der Waals surface area contributed by atoms with E-state index in [4.69, 9.17) is 4.99 Å². The monoisotopic (exact) mass is 452 g/mol. The van der Waals surface area contributed by atoms with Crippen molar-refractivity contribution >= 4 is 17.6 Å². The Morgan fingerprint density at radius 2 is 1.44 bits per heavy atom. The smallest absolute Gasteiger partial charge is 0.259 e. The maximum Gasteiger partial charge on any atom is 0.259 e. The zero-order chi connectivity index (χ0) is 23.3. The quantitative estimate of drug-likeness (QED) is 0.557. The molecule has 1 fully saturated rings. The van der Waals surface area contributed by atoms with Gasteiger partial charge in [0, 0.05) is 39.1 Å². The second-order valence-corrected chi connectivity index (χ2v) is 9.08. The molecule has 34 heavy (non-hydrogen) atoms. The Labute approximate surface area is 202 Å². The lowest BCUT2D eigenvalue weighted by Gasteiger charge is -2.37. The molecule has 5 nitrogen and oxygen atoms in total. The fraction of sp³-hybridized carbons (Fsp3) is 0.310. The third-order valence-electron chi connectivity index (χ3n) is 6.73. The highest BCUT2D eigenvalue weighted by Crippen LogP contribution is 2.27. The highest BCUT2D eigenvalue weighted by molar-refractivity contribution is 6.22. The first-order valence-electron chi connectivity index (χ1n) is 12.3. The lowest BCUT2D eigenvalue weighted by Crippen LogP contribution is -2.53. The molecule has 1 unspecified atom stereocenters. The van der Waals surface area contributed by atoms with E-state index in [0.717, 1.165) is 56.4 Å². The zero-order valence-corrected chi connectivity index (χ0v) is 19.8. The van der Waals surface area contributed by atoms with Gasteiger partial charge in [0.05, 0.1) is 5.69 Å². The van der Waals surface area contributed by atoms with Crippen molar-refractivity contribution in [2.45, 2.75) is 32.4 Å². The van der Waals surface area contributed by atoms with Gasteiger partial charge in [0.15, 0.2) is 0 Å². The van der Waals surface area contributed by atoms with Crippen LogP contribution in [0.25, 0.3) is 0 Å². The molecule has 2 heterocycles. The van der Waals surface area contributed by atoms with E-state index in [1.165, 1.54) is 11.1 Å². The van der Waals surface area contributed by atoms with Gasteiger partial charge >= 0.3 is 0 Å². The second kappa shape index (κ2) is 10.2. The molecule has 0 bridgehead atoms. The minimum absolute atomic E-state index is 0.0684. The molecule has 0 saturated carbocycles. The van der Waals surface area contributed by atoms with Crippen LogP contribution in [0.15, 0.2) is 89.9 Å². The predicted molar refractivity (Wildman–Crippen MR) is 138 cm³/mol. The van der Waals surface area contributed by atoms with Crippen LogP contribution in [-0.2, 0) is 24.2 Å². The van der Waals surface area contributed by atoms with E-state index in [-0.39, 0.29) is 11.9 Å². The molecule has 5 heteroatoms. The molecule has 0 aromatic heterocycles. The van der Waals surface area contributed by atoms with Gasteiger partial charge in [-0.2, -0.15) is 0 Å². The summed E-state index contributed by atoms with van der Waals surface area (Å²) in [7, 11) is 0. The van der Waals surface area contributed by atoms with Gasteiger partial charge in [-0.25, -0.2) is 9.89 Å². The van der Waals surface area contributed by atoms with E-state index in [1.807, 2.05) is 35.2 Å². The Hall–Kier alpha value is -3.44. The van der Waals surface area contributed by atoms with Crippen molar-refractivity contribution in [1.82, 2.24) is 9.80 Å². The average Bonchev–Trinajstić information content (AvgIpc) is 3.21. The standard InChI is InChI=1S/C29H32N4O/c1-2-23-14-9-15-26(20-23)33-28(34)27(21-24-10-5-3-6-11-24)30-29(33)32-18-16-31(17-19-32)22-25-12-7-4-8-13-25/h3-15,20,27H,2,16-19,21-22H2,1H3. The fourth-order valence-corrected chi connectivity index (χ4v) is 4.80. The summed E-state index contributed by atoms with van der Waals surface area (Å²) in [5, 5.41) is 0. The molecular formula is C29H32N4O. The van der Waals surface area contributed by atoms with Crippen molar-refractivity contribution in [2.24, 2.45) is 4.99 Å². The molecule has 3 aromatic carbocycles. The van der Waals surface area contributed by atoms with Crippen LogP contribution in [0, 0.1) is 0 Å². The largest absolute Gasteiger partial charge is 0.340 e. The van der Waals surface area contributed by atoms with E-state index in [9.17, 15) is 4.79 Å². The van der Waals surface area contributed by atoms with Crippen LogP contribution in [-0.4, -0.2) is 53.9 Å². The summed E-state index contributed by atoms with van der Waals surface area (Å²) in [4.78, 5) is 25.3.